The summed E-state index contributed by atoms with van der Waals surface area (Å²) in [5.41, 5.74) is 13.3. The van der Waals surface area contributed by atoms with Crippen LogP contribution in [0.3, 0.4) is 0 Å². The maximum Gasteiger partial charge on any atom is 0.142 e. The zero-order valence-corrected chi connectivity index (χ0v) is 17.4. The lowest BCUT2D eigenvalue weighted by Crippen LogP contribution is -2.03. The standard InChI is InChI=1S/C25H18BrN3/c1-16-23(19-9-7-18(8-10-19)17-5-3-2-4-6-17)22(15-27)25(28)29-24(16)20-11-13-21(26)14-12-20/h2-14H,1H3,(H2,28,29). The van der Waals surface area contributed by atoms with Gasteiger partial charge >= 0.3 is 0 Å². The Hall–Kier alpha value is -3.42. The van der Waals surface area contributed by atoms with Crippen LogP contribution in [-0.2, 0) is 0 Å². The molecule has 4 heteroatoms. The fourth-order valence-electron chi connectivity index (χ4n) is 3.52. The minimum atomic E-state index is 0.248. The Kier molecular flexibility index (Phi) is 5.16. The number of hydrogen-bond donors (Lipinski definition) is 1. The van der Waals surface area contributed by atoms with E-state index in [0.29, 0.717) is 5.56 Å². The van der Waals surface area contributed by atoms with Crippen LogP contribution in [0, 0.1) is 18.3 Å². The van der Waals surface area contributed by atoms with Gasteiger partial charge < -0.3 is 5.73 Å². The van der Waals surface area contributed by atoms with E-state index < -0.39 is 0 Å². The molecule has 0 aliphatic heterocycles. The number of aromatic nitrogens is 1. The molecule has 1 heterocycles. The van der Waals surface area contributed by atoms with Crippen molar-refractivity contribution < 1.29 is 0 Å². The normalized spacial score (nSPS) is 10.5. The molecule has 0 unspecified atom stereocenters. The molecule has 0 spiro atoms. The van der Waals surface area contributed by atoms with Crippen molar-refractivity contribution in [2.75, 3.05) is 5.73 Å². The van der Waals surface area contributed by atoms with E-state index >= 15 is 0 Å². The summed E-state index contributed by atoms with van der Waals surface area (Å²) in [6.45, 7) is 1.99. The molecular weight excluding hydrogens is 422 g/mol. The number of nitriles is 1. The van der Waals surface area contributed by atoms with Crippen LogP contribution in [0.2, 0.25) is 0 Å². The molecule has 0 saturated carbocycles. The van der Waals surface area contributed by atoms with Crippen LogP contribution in [-0.4, -0.2) is 4.98 Å². The monoisotopic (exact) mass is 439 g/mol. The van der Waals surface area contributed by atoms with Gasteiger partial charge in [0.25, 0.3) is 0 Å². The maximum atomic E-state index is 9.74. The van der Waals surface area contributed by atoms with Crippen molar-refractivity contribution in [1.29, 1.82) is 5.26 Å². The van der Waals surface area contributed by atoms with E-state index in [1.165, 1.54) is 0 Å². The summed E-state index contributed by atoms with van der Waals surface area (Å²) < 4.78 is 0.997. The summed E-state index contributed by atoms with van der Waals surface area (Å²) in [7, 11) is 0. The van der Waals surface area contributed by atoms with E-state index in [4.69, 9.17) is 5.73 Å². The smallest absolute Gasteiger partial charge is 0.142 e. The summed E-state index contributed by atoms with van der Waals surface area (Å²) in [5.74, 6) is 0.248. The molecule has 2 N–H and O–H groups in total. The largest absolute Gasteiger partial charge is 0.383 e. The fraction of sp³-hybridized carbons (Fsp3) is 0.0400. The lowest BCUT2D eigenvalue weighted by molar-refractivity contribution is 1.26. The van der Waals surface area contributed by atoms with Gasteiger partial charge in [0.1, 0.15) is 17.5 Å². The van der Waals surface area contributed by atoms with Crippen molar-refractivity contribution in [3.05, 3.63) is 94.5 Å². The van der Waals surface area contributed by atoms with Gasteiger partial charge in [-0.15, -0.1) is 0 Å². The van der Waals surface area contributed by atoms with Crippen molar-refractivity contribution in [3.63, 3.8) is 0 Å². The summed E-state index contributed by atoms with van der Waals surface area (Å²) in [4.78, 5) is 4.53. The lowest BCUT2D eigenvalue weighted by atomic mass is 9.92. The van der Waals surface area contributed by atoms with E-state index in [2.05, 4.69) is 51.2 Å². The molecule has 0 saturated heterocycles. The number of benzene rings is 3. The van der Waals surface area contributed by atoms with Gasteiger partial charge in [-0.2, -0.15) is 5.26 Å². The highest BCUT2D eigenvalue weighted by Crippen LogP contribution is 2.36. The molecular formula is C25H18BrN3. The van der Waals surface area contributed by atoms with Gasteiger partial charge in [0.2, 0.25) is 0 Å². The molecule has 0 aliphatic carbocycles. The molecule has 0 fully saturated rings. The number of nitrogens with zero attached hydrogens (tertiary/aromatic N) is 2. The molecule has 0 atom stereocenters. The van der Waals surface area contributed by atoms with Crippen molar-refractivity contribution in [3.8, 4) is 39.6 Å². The number of nitrogen functional groups attached to an aromatic ring is 1. The predicted octanol–water partition coefficient (Wildman–Crippen LogP) is 6.61. The van der Waals surface area contributed by atoms with Crippen LogP contribution in [0.1, 0.15) is 11.1 Å². The average molecular weight is 440 g/mol. The van der Waals surface area contributed by atoms with Crippen LogP contribution < -0.4 is 5.73 Å². The quantitative estimate of drug-likeness (QED) is 0.390. The number of pyridine rings is 1. The summed E-state index contributed by atoms with van der Waals surface area (Å²) in [5, 5.41) is 9.74. The van der Waals surface area contributed by atoms with Crippen molar-refractivity contribution in [2.24, 2.45) is 0 Å². The van der Waals surface area contributed by atoms with E-state index in [0.717, 1.165) is 43.5 Å². The number of rotatable bonds is 3. The average Bonchev–Trinajstić information content (AvgIpc) is 2.76. The molecule has 140 valence electrons. The molecule has 3 nitrogen and oxygen atoms in total. The van der Waals surface area contributed by atoms with Crippen LogP contribution in [0.25, 0.3) is 33.5 Å². The van der Waals surface area contributed by atoms with Gasteiger partial charge in [-0.05, 0) is 41.3 Å². The third-order valence-corrected chi connectivity index (χ3v) is 5.51. The van der Waals surface area contributed by atoms with E-state index in [9.17, 15) is 5.26 Å². The maximum absolute atomic E-state index is 9.74. The molecule has 0 amide bonds. The second-order valence-corrected chi connectivity index (χ2v) is 7.70. The number of hydrogen-bond acceptors (Lipinski definition) is 3. The molecule has 0 aliphatic rings. The van der Waals surface area contributed by atoms with Gasteiger partial charge in [-0.25, -0.2) is 4.98 Å². The minimum absolute atomic E-state index is 0.248. The number of anilines is 1. The van der Waals surface area contributed by atoms with Gasteiger partial charge in [0, 0.05) is 15.6 Å². The zero-order chi connectivity index (χ0) is 20.4. The van der Waals surface area contributed by atoms with Crippen molar-refractivity contribution in [1.82, 2.24) is 4.98 Å². The van der Waals surface area contributed by atoms with E-state index in [-0.39, 0.29) is 5.82 Å². The molecule has 4 aromatic rings. The highest BCUT2D eigenvalue weighted by Gasteiger charge is 2.18. The minimum Gasteiger partial charge on any atom is -0.383 e. The Balaban J connectivity index is 1.86. The summed E-state index contributed by atoms with van der Waals surface area (Å²) in [6.07, 6.45) is 0. The van der Waals surface area contributed by atoms with E-state index in [1.807, 2.05) is 61.5 Å². The summed E-state index contributed by atoms with van der Waals surface area (Å²) in [6, 6.07) is 28.6. The molecule has 1 aromatic heterocycles. The highest BCUT2D eigenvalue weighted by atomic mass is 79.9. The number of nitrogens with two attached hydrogens (primary N) is 1. The summed E-state index contributed by atoms with van der Waals surface area (Å²) >= 11 is 3.46. The van der Waals surface area contributed by atoms with Crippen LogP contribution in [0.4, 0.5) is 5.82 Å². The molecule has 0 radical (unpaired) electrons. The van der Waals surface area contributed by atoms with Crippen molar-refractivity contribution >= 4 is 21.7 Å². The molecule has 4 rings (SSSR count). The first kappa shape index (κ1) is 18.9. The highest BCUT2D eigenvalue weighted by molar-refractivity contribution is 9.10. The van der Waals surface area contributed by atoms with E-state index in [1.54, 1.807) is 0 Å². The van der Waals surface area contributed by atoms with Crippen molar-refractivity contribution in [2.45, 2.75) is 6.92 Å². The lowest BCUT2D eigenvalue weighted by Gasteiger charge is -2.15. The SMILES string of the molecule is Cc1c(-c2ccc(Br)cc2)nc(N)c(C#N)c1-c1ccc(-c2ccccc2)cc1. The molecule has 3 aromatic carbocycles. The predicted molar refractivity (Wildman–Crippen MR) is 122 cm³/mol. The van der Waals surface area contributed by atoms with Gasteiger partial charge in [-0.3, -0.25) is 0 Å². The second-order valence-electron chi connectivity index (χ2n) is 6.78. The second kappa shape index (κ2) is 7.90. The Bertz CT molecular complexity index is 1210. The molecule has 29 heavy (non-hydrogen) atoms. The Morgan fingerprint density at radius 3 is 1.97 bits per heavy atom. The Labute approximate surface area is 178 Å². The number of halogens is 1. The fourth-order valence-corrected chi connectivity index (χ4v) is 3.78. The first-order valence-electron chi connectivity index (χ1n) is 9.20. The van der Waals surface area contributed by atoms with Crippen LogP contribution >= 0.6 is 15.9 Å². The molecule has 0 bridgehead atoms. The third-order valence-electron chi connectivity index (χ3n) is 4.98. The first-order chi connectivity index (χ1) is 14.1. The van der Waals surface area contributed by atoms with Gasteiger partial charge in [0.05, 0.1) is 5.69 Å². The Morgan fingerprint density at radius 1 is 0.793 bits per heavy atom. The van der Waals surface area contributed by atoms with Gasteiger partial charge in [0.15, 0.2) is 0 Å². The van der Waals surface area contributed by atoms with Crippen LogP contribution in [0.5, 0.6) is 0 Å². The Morgan fingerprint density at radius 2 is 1.34 bits per heavy atom. The third kappa shape index (κ3) is 3.65. The first-order valence-corrected chi connectivity index (χ1v) is 9.99. The topological polar surface area (TPSA) is 62.7 Å². The zero-order valence-electron chi connectivity index (χ0n) is 15.9. The van der Waals surface area contributed by atoms with Crippen LogP contribution in [0.15, 0.2) is 83.3 Å². The van der Waals surface area contributed by atoms with Gasteiger partial charge in [-0.1, -0.05) is 82.7 Å².